The van der Waals surface area contributed by atoms with Crippen LogP contribution in [-0.4, -0.2) is 49.6 Å². The molecule has 2 aromatic heterocycles. The first-order valence-corrected chi connectivity index (χ1v) is 12.0. The highest BCUT2D eigenvalue weighted by atomic mass is 35.5. The lowest BCUT2D eigenvalue weighted by molar-refractivity contribution is 0.134. The summed E-state index contributed by atoms with van der Waals surface area (Å²) in [7, 11) is 1.53. The predicted molar refractivity (Wildman–Crippen MR) is 142 cm³/mol. The van der Waals surface area contributed by atoms with Crippen molar-refractivity contribution >= 4 is 23.2 Å². The quantitative estimate of drug-likeness (QED) is 0.262. The molecule has 38 heavy (non-hydrogen) atoms. The highest BCUT2D eigenvalue weighted by Gasteiger charge is 2.17. The summed E-state index contributed by atoms with van der Waals surface area (Å²) in [5, 5.41) is 22.5. The average molecular weight is 540 g/mol. The van der Waals surface area contributed by atoms with Crippen molar-refractivity contribution in [3.8, 4) is 17.4 Å². The number of rotatable bonds is 11. The molecule has 0 aliphatic carbocycles. The fourth-order valence-corrected chi connectivity index (χ4v) is 3.67. The first-order valence-electron chi connectivity index (χ1n) is 11.6. The summed E-state index contributed by atoms with van der Waals surface area (Å²) in [4.78, 5) is 34.3. The molecular weight excluding hydrogens is 514 g/mol. The maximum Gasteiger partial charge on any atom is 0.354 e. The first kappa shape index (κ1) is 26.9. The number of pyridine rings is 1. The zero-order chi connectivity index (χ0) is 27.1. The molecule has 0 spiro atoms. The Morgan fingerprint density at radius 3 is 2.24 bits per heavy atom. The van der Waals surface area contributed by atoms with E-state index in [1.807, 2.05) is 0 Å². The Morgan fingerprint density at radius 2 is 1.63 bits per heavy atom. The molecule has 198 valence electrons. The molecule has 0 aliphatic rings. The van der Waals surface area contributed by atoms with Gasteiger partial charge in [0.05, 0.1) is 19.9 Å². The molecule has 0 saturated heterocycles. The van der Waals surface area contributed by atoms with Crippen LogP contribution in [0.5, 0.6) is 17.4 Å². The highest BCUT2D eigenvalue weighted by Crippen LogP contribution is 2.24. The van der Waals surface area contributed by atoms with E-state index in [-0.39, 0.29) is 32.3 Å². The van der Waals surface area contributed by atoms with Gasteiger partial charge in [0.1, 0.15) is 11.5 Å². The van der Waals surface area contributed by atoms with Crippen molar-refractivity contribution < 1.29 is 19.7 Å². The van der Waals surface area contributed by atoms with Crippen molar-refractivity contribution in [1.82, 2.24) is 19.1 Å². The number of hydrogen-bond acceptors (Lipinski definition) is 9. The molecule has 11 nitrogen and oxygen atoms in total. The van der Waals surface area contributed by atoms with Gasteiger partial charge in [-0.15, -0.1) is 0 Å². The van der Waals surface area contributed by atoms with Crippen molar-refractivity contribution in [3.05, 3.63) is 98.4 Å². The van der Waals surface area contributed by atoms with Crippen LogP contribution < -0.4 is 26.2 Å². The zero-order valence-corrected chi connectivity index (χ0v) is 21.2. The summed E-state index contributed by atoms with van der Waals surface area (Å²) in [6, 6.07) is 17.2. The summed E-state index contributed by atoms with van der Waals surface area (Å²) in [5.74, 6) is 0.891. The Hall–Kier alpha value is -4.19. The Labute approximate surface area is 222 Å². The molecule has 2 heterocycles. The number of halogens is 1. The van der Waals surface area contributed by atoms with Gasteiger partial charge in [0.25, 0.3) is 0 Å². The van der Waals surface area contributed by atoms with Gasteiger partial charge in [-0.05, 0) is 48.0 Å². The van der Waals surface area contributed by atoms with Crippen LogP contribution in [0.4, 0.5) is 11.6 Å². The van der Waals surface area contributed by atoms with Gasteiger partial charge < -0.3 is 25.0 Å². The van der Waals surface area contributed by atoms with Gasteiger partial charge in [0.15, 0.2) is 0 Å². The third-order valence-corrected chi connectivity index (χ3v) is 5.88. The molecule has 0 atom stereocenters. The molecule has 0 amide bonds. The molecule has 0 aliphatic heterocycles. The topological polar surface area (TPSA) is 141 Å². The fraction of sp³-hybridized carbons (Fsp3) is 0.231. The molecule has 2 aromatic carbocycles. The third kappa shape index (κ3) is 6.57. The number of aromatic nitrogens is 4. The van der Waals surface area contributed by atoms with Crippen LogP contribution >= 0.6 is 11.6 Å². The molecule has 3 N–H and O–H groups in total. The number of hydrogen-bond donors (Lipinski definition) is 3. The number of aliphatic hydroxyl groups excluding tert-OH is 2. The number of methoxy groups -OCH3 is 1. The van der Waals surface area contributed by atoms with E-state index < -0.39 is 17.3 Å². The largest absolute Gasteiger partial charge is 0.481 e. The minimum atomic E-state index is -0.802. The molecule has 0 radical (unpaired) electrons. The minimum absolute atomic E-state index is 0.0313. The van der Waals surface area contributed by atoms with Gasteiger partial charge in [0, 0.05) is 42.5 Å². The lowest BCUT2D eigenvalue weighted by Crippen LogP contribution is -2.44. The van der Waals surface area contributed by atoms with Crippen molar-refractivity contribution in [3.63, 3.8) is 0 Å². The van der Waals surface area contributed by atoms with Gasteiger partial charge in [-0.1, -0.05) is 23.7 Å². The van der Waals surface area contributed by atoms with Crippen molar-refractivity contribution in [2.45, 2.75) is 13.1 Å². The Kier molecular flexibility index (Phi) is 8.74. The van der Waals surface area contributed by atoms with Crippen molar-refractivity contribution in [2.75, 3.05) is 25.6 Å². The number of anilines is 2. The minimum Gasteiger partial charge on any atom is -0.481 e. The van der Waals surface area contributed by atoms with Gasteiger partial charge in [-0.3, -0.25) is 4.57 Å². The van der Waals surface area contributed by atoms with Gasteiger partial charge in [-0.2, -0.15) is 4.98 Å². The normalized spacial score (nSPS) is 11.0. The van der Waals surface area contributed by atoms with Gasteiger partial charge in [-0.25, -0.2) is 19.1 Å². The van der Waals surface area contributed by atoms with E-state index in [2.05, 4.69) is 15.3 Å². The third-order valence-electron chi connectivity index (χ3n) is 5.63. The Balaban J connectivity index is 1.62. The molecule has 4 aromatic rings. The Morgan fingerprint density at radius 1 is 0.947 bits per heavy atom. The smallest absolute Gasteiger partial charge is 0.354 e. The van der Waals surface area contributed by atoms with Crippen LogP contribution in [0.3, 0.4) is 0 Å². The van der Waals surface area contributed by atoms with E-state index in [1.165, 1.54) is 17.9 Å². The number of nitrogens with zero attached hydrogens (tertiary/aromatic N) is 4. The van der Waals surface area contributed by atoms with Crippen LogP contribution in [0.2, 0.25) is 5.02 Å². The van der Waals surface area contributed by atoms with Crippen molar-refractivity contribution in [2.24, 2.45) is 5.92 Å². The number of nitrogens with one attached hydrogen (secondary N) is 1. The summed E-state index contributed by atoms with van der Waals surface area (Å²) >= 11 is 5.99. The molecule has 0 saturated carbocycles. The van der Waals surface area contributed by atoms with Gasteiger partial charge in [0.2, 0.25) is 11.8 Å². The summed E-state index contributed by atoms with van der Waals surface area (Å²) in [5.41, 5.74) is -0.128. The zero-order valence-electron chi connectivity index (χ0n) is 20.5. The first-order chi connectivity index (χ1) is 18.4. The van der Waals surface area contributed by atoms with Crippen LogP contribution in [-0.2, 0) is 13.1 Å². The van der Waals surface area contributed by atoms with Gasteiger partial charge >= 0.3 is 11.4 Å². The van der Waals surface area contributed by atoms with Crippen LogP contribution in [0.25, 0.3) is 0 Å². The van der Waals surface area contributed by atoms with E-state index in [4.69, 9.17) is 21.1 Å². The lowest BCUT2D eigenvalue weighted by atomic mass is 10.2. The SMILES string of the molecule is COc1ccc(Oc2ccc(Nc3nc(=O)n(CC(CO)CO)c(=O)n3Cc3ccc(Cl)cc3)cc2)cn1. The molecule has 0 fully saturated rings. The lowest BCUT2D eigenvalue weighted by Gasteiger charge is -2.18. The fourth-order valence-electron chi connectivity index (χ4n) is 3.55. The number of ether oxygens (including phenoxy) is 2. The standard InChI is InChI=1S/C26H26ClN5O6/c1-37-23-11-10-22(12-28-23)38-21-8-6-20(7-9-21)29-24-30-25(35)32(14-18(15-33)16-34)26(36)31(24)13-17-2-4-19(27)5-3-17/h2-12,18,33-34H,13-16H2,1H3,(H,29,30,35). The monoisotopic (exact) mass is 539 g/mol. The van der Waals surface area contributed by atoms with Crippen LogP contribution in [0.15, 0.2) is 76.4 Å². The van der Waals surface area contributed by atoms with Crippen molar-refractivity contribution in [1.29, 1.82) is 0 Å². The number of aliphatic hydroxyl groups is 2. The van der Waals surface area contributed by atoms with E-state index >= 15 is 0 Å². The summed E-state index contributed by atoms with van der Waals surface area (Å²) < 4.78 is 13.0. The van der Waals surface area contributed by atoms with Crippen LogP contribution in [0.1, 0.15) is 5.56 Å². The van der Waals surface area contributed by atoms with E-state index in [1.54, 1.807) is 60.7 Å². The molecule has 12 heteroatoms. The molecule has 4 rings (SSSR count). The highest BCUT2D eigenvalue weighted by molar-refractivity contribution is 6.30. The Bertz CT molecular complexity index is 1470. The number of benzene rings is 2. The van der Waals surface area contributed by atoms with E-state index in [9.17, 15) is 19.8 Å². The maximum atomic E-state index is 13.4. The second-order valence-electron chi connectivity index (χ2n) is 8.34. The van der Waals surface area contributed by atoms with E-state index in [0.717, 1.165) is 10.1 Å². The second kappa shape index (κ2) is 12.4. The molecular formula is C26H26ClN5O6. The summed E-state index contributed by atoms with van der Waals surface area (Å²) in [6.07, 6.45) is 1.54. The van der Waals surface area contributed by atoms with Crippen LogP contribution in [0, 0.1) is 5.92 Å². The predicted octanol–water partition coefficient (Wildman–Crippen LogP) is 2.65. The summed E-state index contributed by atoms with van der Waals surface area (Å²) in [6.45, 7) is -0.855. The average Bonchev–Trinajstić information content (AvgIpc) is 2.93. The van der Waals surface area contributed by atoms with E-state index in [0.29, 0.717) is 28.1 Å². The molecule has 0 bridgehead atoms. The maximum absolute atomic E-state index is 13.4. The second-order valence-corrected chi connectivity index (χ2v) is 8.78. The molecule has 0 unspecified atom stereocenters.